The van der Waals surface area contributed by atoms with E-state index in [1.54, 1.807) is 13.8 Å². The zero-order valence-corrected chi connectivity index (χ0v) is 16.7. The molecule has 0 aliphatic heterocycles. The zero-order chi connectivity index (χ0) is 19.2. The van der Waals surface area contributed by atoms with Crippen molar-refractivity contribution in [3.8, 4) is 0 Å². The number of nitrogens with one attached hydrogen (secondary N) is 1. The highest BCUT2D eigenvalue weighted by atomic mass is 16.5. The topological polar surface area (TPSA) is 55.4 Å². The Labute approximate surface area is 162 Å². The van der Waals surface area contributed by atoms with Gasteiger partial charge < -0.3 is 10.1 Å². The van der Waals surface area contributed by atoms with Crippen molar-refractivity contribution in [1.82, 2.24) is 5.32 Å². The third kappa shape index (κ3) is 3.17. The molecule has 5 atom stereocenters. The summed E-state index contributed by atoms with van der Waals surface area (Å²) in [7, 11) is 0. The number of carbonyl (C=O) groups excluding carboxylic acids is 2. The molecule has 0 saturated heterocycles. The van der Waals surface area contributed by atoms with Crippen LogP contribution < -0.4 is 5.32 Å². The summed E-state index contributed by atoms with van der Waals surface area (Å²) in [5.74, 6) is 0.963. The van der Waals surface area contributed by atoms with Crippen molar-refractivity contribution in [2.24, 2.45) is 17.3 Å². The standard InChI is InChI=1S/C23H31NO3/c1-4-27-20(25)16(3)24-21(26)23-12-17-9-18(13-23)11-22(10-17,14-23)19-7-5-15(2)6-8-19/h5-8,16-18H,4,9-14H2,1-3H3,(H,24,26)/t16-,17-,18+,22?,23?/m1/s1. The summed E-state index contributed by atoms with van der Waals surface area (Å²) in [6.07, 6.45) is 6.52. The fourth-order valence-corrected chi connectivity index (χ4v) is 6.45. The maximum Gasteiger partial charge on any atom is 0.328 e. The second-order valence-corrected chi connectivity index (χ2v) is 9.33. The predicted octanol–water partition coefficient (Wildman–Crippen LogP) is 3.90. The molecule has 4 saturated carbocycles. The van der Waals surface area contributed by atoms with Crippen molar-refractivity contribution in [1.29, 1.82) is 0 Å². The van der Waals surface area contributed by atoms with E-state index in [4.69, 9.17) is 4.74 Å². The van der Waals surface area contributed by atoms with Crippen LogP contribution in [-0.4, -0.2) is 24.5 Å². The highest BCUT2D eigenvalue weighted by Crippen LogP contribution is 2.65. The Morgan fingerprint density at radius 1 is 1.15 bits per heavy atom. The molecule has 1 amide bonds. The van der Waals surface area contributed by atoms with E-state index in [0.29, 0.717) is 18.4 Å². The second kappa shape index (κ2) is 6.65. The van der Waals surface area contributed by atoms with Crippen LogP contribution in [0.5, 0.6) is 0 Å². The number of esters is 1. The van der Waals surface area contributed by atoms with Crippen molar-refractivity contribution < 1.29 is 14.3 Å². The van der Waals surface area contributed by atoms with Gasteiger partial charge in [-0.2, -0.15) is 0 Å². The van der Waals surface area contributed by atoms with Crippen LogP contribution in [0.4, 0.5) is 0 Å². The van der Waals surface area contributed by atoms with Gasteiger partial charge in [0.2, 0.25) is 5.91 Å². The first-order valence-corrected chi connectivity index (χ1v) is 10.4. The number of amides is 1. The Balaban J connectivity index is 1.59. The lowest BCUT2D eigenvalue weighted by Crippen LogP contribution is -2.60. The van der Waals surface area contributed by atoms with Crippen LogP contribution in [0.3, 0.4) is 0 Å². The number of ether oxygens (including phenoxy) is 1. The molecule has 1 N–H and O–H groups in total. The lowest BCUT2D eigenvalue weighted by molar-refractivity contribution is -0.155. The SMILES string of the molecule is CCOC(=O)[C@@H](C)NC(=O)C12C[C@H]3C[C@@H](C1)CC(c1ccc(C)cc1)(C3)C2. The van der Waals surface area contributed by atoms with E-state index in [1.807, 2.05) is 0 Å². The zero-order valence-electron chi connectivity index (χ0n) is 16.7. The summed E-state index contributed by atoms with van der Waals surface area (Å²) in [5.41, 5.74) is 2.48. The van der Waals surface area contributed by atoms with Crippen LogP contribution in [-0.2, 0) is 19.7 Å². The van der Waals surface area contributed by atoms with Gasteiger partial charge in [0.15, 0.2) is 0 Å². The molecule has 4 aliphatic carbocycles. The van der Waals surface area contributed by atoms with Gasteiger partial charge >= 0.3 is 5.97 Å². The van der Waals surface area contributed by atoms with Crippen LogP contribution in [0, 0.1) is 24.2 Å². The number of hydrogen-bond donors (Lipinski definition) is 1. The lowest BCUT2D eigenvalue weighted by Gasteiger charge is -2.61. The summed E-state index contributed by atoms with van der Waals surface area (Å²) >= 11 is 0. The molecule has 0 aromatic heterocycles. The normalized spacial score (nSPS) is 34.9. The van der Waals surface area contributed by atoms with Gasteiger partial charge in [-0.1, -0.05) is 29.8 Å². The molecule has 4 aliphatic rings. The maximum atomic E-state index is 13.3. The molecule has 2 unspecified atom stereocenters. The van der Waals surface area contributed by atoms with Gasteiger partial charge in [-0.25, -0.2) is 4.79 Å². The first kappa shape index (κ1) is 18.5. The minimum absolute atomic E-state index is 0.0636. The number of aryl methyl sites for hydroxylation is 1. The van der Waals surface area contributed by atoms with Crippen LogP contribution in [0.2, 0.25) is 0 Å². The number of hydrogen-bond acceptors (Lipinski definition) is 3. The Kier molecular flexibility index (Phi) is 4.56. The molecule has 4 nitrogen and oxygen atoms in total. The van der Waals surface area contributed by atoms with E-state index < -0.39 is 6.04 Å². The summed E-state index contributed by atoms with van der Waals surface area (Å²) < 4.78 is 5.07. The van der Waals surface area contributed by atoms with Gasteiger partial charge in [-0.3, -0.25) is 4.79 Å². The molecule has 0 radical (unpaired) electrons. The van der Waals surface area contributed by atoms with Gasteiger partial charge in [0.25, 0.3) is 0 Å². The lowest BCUT2D eigenvalue weighted by atomic mass is 9.42. The van der Waals surface area contributed by atoms with Gasteiger partial charge in [0.1, 0.15) is 6.04 Å². The molecule has 4 fully saturated rings. The van der Waals surface area contributed by atoms with Gasteiger partial charge in [-0.05, 0) is 82.1 Å². The Hall–Kier alpha value is -1.84. The van der Waals surface area contributed by atoms with Gasteiger partial charge in [-0.15, -0.1) is 0 Å². The number of benzene rings is 1. The third-order valence-corrected chi connectivity index (χ3v) is 7.19. The first-order chi connectivity index (χ1) is 12.9. The van der Waals surface area contributed by atoms with E-state index >= 15 is 0 Å². The molecule has 146 valence electrons. The first-order valence-electron chi connectivity index (χ1n) is 10.4. The molecule has 1 aromatic carbocycles. The average Bonchev–Trinajstić information content (AvgIpc) is 2.61. The van der Waals surface area contributed by atoms with Gasteiger partial charge in [0, 0.05) is 0 Å². The number of rotatable bonds is 5. The third-order valence-electron chi connectivity index (χ3n) is 7.19. The van der Waals surface area contributed by atoms with Crippen molar-refractivity contribution in [3.05, 3.63) is 35.4 Å². The Morgan fingerprint density at radius 3 is 2.37 bits per heavy atom. The fraction of sp³-hybridized carbons (Fsp3) is 0.652. The van der Waals surface area contributed by atoms with Crippen LogP contribution >= 0.6 is 0 Å². The highest BCUT2D eigenvalue weighted by molar-refractivity contribution is 5.88. The second-order valence-electron chi connectivity index (χ2n) is 9.33. The van der Waals surface area contributed by atoms with E-state index in [9.17, 15) is 9.59 Å². The minimum Gasteiger partial charge on any atom is -0.464 e. The minimum atomic E-state index is -0.583. The molecular weight excluding hydrogens is 338 g/mol. The molecule has 4 heteroatoms. The monoisotopic (exact) mass is 369 g/mol. The molecule has 27 heavy (non-hydrogen) atoms. The quantitative estimate of drug-likeness (QED) is 0.801. The van der Waals surface area contributed by atoms with Crippen LogP contribution in [0.25, 0.3) is 0 Å². The van der Waals surface area contributed by atoms with E-state index in [1.165, 1.54) is 30.4 Å². The van der Waals surface area contributed by atoms with E-state index in [-0.39, 0.29) is 22.7 Å². The molecule has 4 bridgehead atoms. The number of carbonyl (C=O) groups is 2. The molecule has 5 rings (SSSR count). The van der Waals surface area contributed by atoms with E-state index in [2.05, 4.69) is 36.5 Å². The van der Waals surface area contributed by atoms with Crippen molar-refractivity contribution in [3.63, 3.8) is 0 Å². The Bertz CT molecular complexity index is 724. The summed E-state index contributed by atoms with van der Waals surface area (Å²) in [6, 6.07) is 8.36. The van der Waals surface area contributed by atoms with Gasteiger partial charge in [0.05, 0.1) is 12.0 Å². The highest BCUT2D eigenvalue weighted by Gasteiger charge is 2.61. The predicted molar refractivity (Wildman–Crippen MR) is 104 cm³/mol. The molecule has 1 aromatic rings. The van der Waals surface area contributed by atoms with Crippen LogP contribution in [0.1, 0.15) is 63.5 Å². The molecular formula is C23H31NO3. The van der Waals surface area contributed by atoms with Crippen LogP contribution in [0.15, 0.2) is 24.3 Å². The smallest absolute Gasteiger partial charge is 0.328 e. The molecule has 0 spiro atoms. The average molecular weight is 370 g/mol. The largest absolute Gasteiger partial charge is 0.464 e. The summed E-state index contributed by atoms with van der Waals surface area (Å²) in [4.78, 5) is 25.3. The summed E-state index contributed by atoms with van der Waals surface area (Å²) in [6.45, 7) is 5.98. The van der Waals surface area contributed by atoms with Crippen molar-refractivity contribution in [2.75, 3.05) is 6.61 Å². The molecule has 0 heterocycles. The summed E-state index contributed by atoms with van der Waals surface area (Å²) in [5, 5.41) is 2.99. The van der Waals surface area contributed by atoms with E-state index in [0.717, 1.165) is 19.3 Å². The maximum absolute atomic E-state index is 13.3. The Morgan fingerprint density at radius 2 is 1.78 bits per heavy atom. The van der Waals surface area contributed by atoms with Crippen molar-refractivity contribution in [2.45, 2.75) is 70.8 Å². The van der Waals surface area contributed by atoms with Crippen molar-refractivity contribution >= 4 is 11.9 Å². The fourth-order valence-electron chi connectivity index (χ4n) is 6.45.